The molecule has 0 aromatic carbocycles. The van der Waals surface area contributed by atoms with E-state index in [1.165, 1.54) is 9.08 Å². The third kappa shape index (κ3) is 1.73. The molecule has 0 amide bonds. The van der Waals surface area contributed by atoms with Gasteiger partial charge in [-0.15, -0.1) is 5.10 Å². The van der Waals surface area contributed by atoms with E-state index >= 15 is 0 Å². The second-order valence-corrected chi connectivity index (χ2v) is 3.95. The number of anilines is 1. The zero-order chi connectivity index (χ0) is 12.5. The maximum atomic E-state index is 12.0. The zero-order valence-corrected chi connectivity index (χ0v) is 9.52. The summed E-state index contributed by atoms with van der Waals surface area (Å²) >= 11 is 0. The molecule has 6 nitrogen and oxygen atoms in total. The third-order valence-corrected chi connectivity index (χ3v) is 2.64. The Kier molecular flexibility index (Phi) is 2.33. The lowest BCUT2D eigenvalue weighted by Crippen LogP contribution is -2.22. The summed E-state index contributed by atoms with van der Waals surface area (Å²) in [5.41, 5.74) is 7.43. The van der Waals surface area contributed by atoms with Crippen LogP contribution in [0.25, 0.3) is 5.65 Å². The first-order chi connectivity index (χ1) is 8.74. The minimum atomic E-state index is -0.185. The minimum Gasteiger partial charge on any atom is -0.399 e. The van der Waals surface area contributed by atoms with Crippen molar-refractivity contribution in [2.75, 3.05) is 5.73 Å². The van der Waals surface area contributed by atoms with Crippen LogP contribution in [0.1, 0.15) is 5.69 Å². The molecule has 0 fully saturated rings. The monoisotopic (exact) mass is 241 g/mol. The number of pyridine rings is 2. The molecule has 0 bridgehead atoms. The Morgan fingerprint density at radius 2 is 2.17 bits per heavy atom. The van der Waals surface area contributed by atoms with Gasteiger partial charge in [-0.3, -0.25) is 9.38 Å². The number of aromatic nitrogens is 4. The van der Waals surface area contributed by atoms with Gasteiger partial charge in [0, 0.05) is 18.1 Å². The van der Waals surface area contributed by atoms with Crippen molar-refractivity contribution in [1.82, 2.24) is 19.2 Å². The average Bonchev–Trinajstić information content (AvgIpc) is 2.67. The van der Waals surface area contributed by atoms with Crippen LogP contribution in [-0.2, 0) is 6.54 Å². The molecule has 18 heavy (non-hydrogen) atoms. The van der Waals surface area contributed by atoms with E-state index < -0.39 is 0 Å². The van der Waals surface area contributed by atoms with E-state index in [9.17, 15) is 4.79 Å². The Morgan fingerprint density at radius 3 is 2.94 bits per heavy atom. The summed E-state index contributed by atoms with van der Waals surface area (Å²) in [6.07, 6.45) is 3.31. The molecule has 2 N–H and O–H groups in total. The van der Waals surface area contributed by atoms with Crippen LogP contribution >= 0.6 is 0 Å². The minimum absolute atomic E-state index is 0.185. The standard InChI is InChI=1S/C12H11N5O/c13-9-4-5-14-10(7-9)8-17-12(18)16-6-2-1-3-11(16)15-17/h1-7H,8H2,(H2,13,14). The highest BCUT2D eigenvalue weighted by atomic mass is 16.2. The number of rotatable bonds is 2. The number of nitrogens with zero attached hydrogens (tertiary/aromatic N) is 4. The van der Waals surface area contributed by atoms with E-state index in [-0.39, 0.29) is 5.69 Å². The Labute approximate surface area is 102 Å². The van der Waals surface area contributed by atoms with Gasteiger partial charge >= 0.3 is 5.69 Å². The predicted molar refractivity (Wildman–Crippen MR) is 67.2 cm³/mol. The van der Waals surface area contributed by atoms with Gasteiger partial charge < -0.3 is 5.73 Å². The molecule has 0 unspecified atom stereocenters. The van der Waals surface area contributed by atoms with Crippen molar-refractivity contribution >= 4 is 11.3 Å². The van der Waals surface area contributed by atoms with Crippen LogP contribution in [0.15, 0.2) is 47.5 Å². The molecule has 0 aliphatic heterocycles. The van der Waals surface area contributed by atoms with Crippen molar-refractivity contribution in [2.24, 2.45) is 0 Å². The zero-order valence-electron chi connectivity index (χ0n) is 9.52. The molecular weight excluding hydrogens is 230 g/mol. The van der Waals surface area contributed by atoms with E-state index in [1.54, 1.807) is 36.7 Å². The van der Waals surface area contributed by atoms with E-state index in [0.717, 1.165) is 0 Å². The normalized spacial score (nSPS) is 10.9. The van der Waals surface area contributed by atoms with E-state index in [0.29, 0.717) is 23.6 Å². The molecule has 0 saturated heterocycles. The van der Waals surface area contributed by atoms with Crippen LogP contribution in [-0.4, -0.2) is 19.2 Å². The average molecular weight is 241 g/mol. The first kappa shape index (κ1) is 10.5. The summed E-state index contributed by atoms with van der Waals surface area (Å²) in [7, 11) is 0. The molecule has 0 aliphatic rings. The Balaban J connectivity index is 2.05. The lowest BCUT2D eigenvalue weighted by Gasteiger charge is -1.99. The molecule has 90 valence electrons. The molecule has 0 saturated carbocycles. The quantitative estimate of drug-likeness (QED) is 0.709. The Hall–Kier alpha value is -2.63. The number of nitrogen functional groups attached to an aromatic ring is 1. The van der Waals surface area contributed by atoms with Gasteiger partial charge in [-0.05, 0) is 24.3 Å². The summed E-state index contributed by atoms with van der Waals surface area (Å²) in [5.74, 6) is 0. The van der Waals surface area contributed by atoms with Gasteiger partial charge in [0.1, 0.15) is 0 Å². The molecule has 3 heterocycles. The van der Waals surface area contributed by atoms with Gasteiger partial charge in [0.2, 0.25) is 0 Å². The second kappa shape index (κ2) is 3.99. The number of nitrogens with two attached hydrogens (primary N) is 1. The molecule has 3 aromatic rings. The van der Waals surface area contributed by atoms with Gasteiger partial charge in [-0.25, -0.2) is 9.48 Å². The van der Waals surface area contributed by atoms with E-state index in [2.05, 4.69) is 10.1 Å². The van der Waals surface area contributed by atoms with Crippen LogP contribution in [0.5, 0.6) is 0 Å². The lowest BCUT2D eigenvalue weighted by molar-refractivity contribution is 0.646. The van der Waals surface area contributed by atoms with Crippen molar-refractivity contribution in [1.29, 1.82) is 0 Å². The van der Waals surface area contributed by atoms with Crippen LogP contribution < -0.4 is 11.4 Å². The summed E-state index contributed by atoms with van der Waals surface area (Å²) in [5, 5.41) is 4.22. The van der Waals surface area contributed by atoms with Gasteiger partial charge in [0.25, 0.3) is 0 Å². The first-order valence-electron chi connectivity index (χ1n) is 5.49. The number of fused-ring (bicyclic) bond motifs is 1. The molecule has 3 rings (SSSR count). The maximum Gasteiger partial charge on any atom is 0.350 e. The first-order valence-corrected chi connectivity index (χ1v) is 5.49. The molecule has 3 aromatic heterocycles. The highest BCUT2D eigenvalue weighted by Crippen LogP contribution is 2.04. The molecule has 0 spiro atoms. The molecule has 0 aliphatic carbocycles. The topological polar surface area (TPSA) is 78.2 Å². The van der Waals surface area contributed by atoms with E-state index in [1.807, 2.05) is 6.07 Å². The summed E-state index contributed by atoms with van der Waals surface area (Å²) in [6.45, 7) is 0.311. The number of hydrogen-bond acceptors (Lipinski definition) is 4. The summed E-state index contributed by atoms with van der Waals surface area (Å²) < 4.78 is 2.86. The largest absolute Gasteiger partial charge is 0.399 e. The molecule has 6 heteroatoms. The predicted octanol–water partition coefficient (Wildman–Crippen LogP) is 0.521. The van der Waals surface area contributed by atoms with Crippen LogP contribution in [0.3, 0.4) is 0 Å². The van der Waals surface area contributed by atoms with Gasteiger partial charge in [0.05, 0.1) is 12.2 Å². The van der Waals surface area contributed by atoms with Crippen LogP contribution in [0.2, 0.25) is 0 Å². The van der Waals surface area contributed by atoms with Gasteiger partial charge in [0.15, 0.2) is 5.65 Å². The fourth-order valence-corrected chi connectivity index (χ4v) is 1.81. The fourth-order valence-electron chi connectivity index (χ4n) is 1.81. The van der Waals surface area contributed by atoms with Crippen LogP contribution in [0.4, 0.5) is 5.69 Å². The third-order valence-electron chi connectivity index (χ3n) is 2.64. The Bertz CT molecular complexity index is 758. The lowest BCUT2D eigenvalue weighted by atomic mass is 10.3. The number of hydrogen-bond donors (Lipinski definition) is 1. The molecular formula is C12H11N5O. The van der Waals surface area contributed by atoms with Crippen molar-refractivity contribution in [3.63, 3.8) is 0 Å². The van der Waals surface area contributed by atoms with Crippen molar-refractivity contribution in [2.45, 2.75) is 6.54 Å². The van der Waals surface area contributed by atoms with Crippen molar-refractivity contribution in [3.05, 3.63) is 58.9 Å². The maximum absolute atomic E-state index is 12.0. The van der Waals surface area contributed by atoms with Gasteiger partial charge in [-0.1, -0.05) is 6.07 Å². The molecule has 0 atom stereocenters. The summed E-state index contributed by atoms with van der Waals surface area (Å²) in [4.78, 5) is 16.2. The van der Waals surface area contributed by atoms with Crippen molar-refractivity contribution in [3.8, 4) is 0 Å². The van der Waals surface area contributed by atoms with Crippen LogP contribution in [0, 0.1) is 0 Å². The van der Waals surface area contributed by atoms with Crippen molar-refractivity contribution < 1.29 is 0 Å². The molecule has 0 radical (unpaired) electrons. The van der Waals surface area contributed by atoms with E-state index in [4.69, 9.17) is 5.73 Å². The summed E-state index contributed by atoms with van der Waals surface area (Å²) in [6, 6.07) is 8.85. The SMILES string of the molecule is Nc1ccnc(Cn2nc3ccccn3c2=O)c1. The van der Waals surface area contributed by atoms with Gasteiger partial charge in [-0.2, -0.15) is 0 Å². The smallest absolute Gasteiger partial charge is 0.350 e. The Morgan fingerprint density at radius 1 is 1.28 bits per heavy atom. The highest BCUT2D eigenvalue weighted by Gasteiger charge is 2.06. The second-order valence-electron chi connectivity index (χ2n) is 3.95. The highest BCUT2D eigenvalue weighted by molar-refractivity contribution is 5.38. The fraction of sp³-hybridized carbons (Fsp3) is 0.0833.